The molecule has 37 heavy (non-hydrogen) atoms. The van der Waals surface area contributed by atoms with Crippen LogP contribution in [-0.4, -0.2) is 55.3 Å². The maximum Gasteiger partial charge on any atom is 0.316 e. The van der Waals surface area contributed by atoms with E-state index in [9.17, 15) is 13.2 Å². The van der Waals surface area contributed by atoms with Gasteiger partial charge in [0.25, 0.3) is 0 Å². The minimum atomic E-state index is -3.50. The molecule has 196 valence electrons. The van der Waals surface area contributed by atoms with Crippen LogP contribution in [-0.2, 0) is 15.8 Å². The monoisotopic (exact) mass is 543 g/mol. The van der Waals surface area contributed by atoms with Crippen molar-refractivity contribution >= 4 is 33.0 Å². The van der Waals surface area contributed by atoms with Crippen LogP contribution in [0.25, 0.3) is 5.69 Å². The Balaban J connectivity index is 1.35. The first-order valence-corrected chi connectivity index (χ1v) is 14.4. The van der Waals surface area contributed by atoms with Crippen molar-refractivity contribution in [1.82, 2.24) is 14.1 Å². The van der Waals surface area contributed by atoms with Gasteiger partial charge in [-0.3, -0.25) is 4.79 Å². The van der Waals surface area contributed by atoms with E-state index >= 15 is 0 Å². The molecule has 2 aliphatic rings. The first-order chi connectivity index (χ1) is 17.8. The zero-order valence-corrected chi connectivity index (χ0v) is 22.0. The Bertz CT molecular complexity index is 1420. The van der Waals surface area contributed by atoms with Gasteiger partial charge in [0, 0.05) is 36.9 Å². The van der Waals surface area contributed by atoms with Crippen LogP contribution in [0, 0.1) is 5.92 Å². The number of nitrogen functional groups attached to an aromatic ring is 1. The van der Waals surface area contributed by atoms with E-state index in [-0.39, 0.29) is 17.1 Å². The van der Waals surface area contributed by atoms with Gasteiger partial charge in [-0.15, -0.1) is 0 Å². The van der Waals surface area contributed by atoms with E-state index in [1.54, 1.807) is 54.7 Å². The van der Waals surface area contributed by atoms with Gasteiger partial charge in [-0.1, -0.05) is 36.2 Å². The lowest BCUT2D eigenvalue weighted by molar-refractivity contribution is 0.178. The summed E-state index contributed by atoms with van der Waals surface area (Å²) in [5, 5.41) is 4.90. The molecule has 2 aromatic carbocycles. The number of ether oxygens (including phenoxy) is 1. The predicted octanol–water partition coefficient (Wildman–Crippen LogP) is 3.30. The van der Waals surface area contributed by atoms with Gasteiger partial charge in [-0.2, -0.15) is 14.1 Å². The third kappa shape index (κ3) is 5.76. The Kier molecular flexibility index (Phi) is 7.41. The highest BCUT2D eigenvalue weighted by molar-refractivity contribution is 7.88. The fraction of sp³-hybridized carbons (Fsp3) is 0.385. The van der Waals surface area contributed by atoms with Crippen LogP contribution in [0.4, 0.5) is 11.4 Å². The molecule has 11 heteroatoms. The molecule has 1 saturated carbocycles. The lowest BCUT2D eigenvalue weighted by atomic mass is 9.86. The van der Waals surface area contributed by atoms with Crippen LogP contribution in [0.3, 0.4) is 0 Å². The number of nitrogens with two attached hydrogens (primary N) is 1. The predicted molar refractivity (Wildman–Crippen MR) is 145 cm³/mol. The van der Waals surface area contributed by atoms with Crippen molar-refractivity contribution in [2.75, 3.05) is 43.4 Å². The Labute approximate surface area is 221 Å². The molecule has 0 radical (unpaired) electrons. The molecule has 1 aliphatic carbocycles. The van der Waals surface area contributed by atoms with E-state index in [2.05, 4.69) is 5.10 Å². The largest absolute Gasteiger partial charge is 0.486 e. The lowest BCUT2D eigenvalue weighted by Gasteiger charge is -2.36. The molecular weight excluding hydrogens is 514 g/mol. The summed E-state index contributed by atoms with van der Waals surface area (Å²) in [6.07, 6.45) is 4.98. The average Bonchev–Trinajstić information content (AvgIpc) is 2.85. The SMILES string of the molecule is Nc1ccc(CS(=O)(=O)N2CCN(c3cnn(-c4cccc(Cl)c4)c(=O)c3OCC3CCC3)CC2)cc1. The van der Waals surface area contributed by atoms with Crippen LogP contribution in [0.1, 0.15) is 24.8 Å². The number of sulfonamides is 1. The molecule has 0 atom stereocenters. The second-order valence-electron chi connectivity index (χ2n) is 9.55. The van der Waals surface area contributed by atoms with Crippen LogP contribution in [0.2, 0.25) is 5.02 Å². The molecule has 0 amide bonds. The van der Waals surface area contributed by atoms with Gasteiger partial charge >= 0.3 is 5.56 Å². The maximum atomic E-state index is 13.5. The van der Waals surface area contributed by atoms with E-state index in [1.165, 1.54) is 15.4 Å². The summed E-state index contributed by atoms with van der Waals surface area (Å²) in [7, 11) is -3.50. The Hall–Kier alpha value is -3.08. The van der Waals surface area contributed by atoms with Gasteiger partial charge in [0.15, 0.2) is 0 Å². The number of piperazine rings is 1. The topological polar surface area (TPSA) is 111 Å². The summed E-state index contributed by atoms with van der Waals surface area (Å²) < 4.78 is 34.9. The average molecular weight is 544 g/mol. The molecule has 1 aromatic heterocycles. The van der Waals surface area contributed by atoms with Gasteiger partial charge in [0.05, 0.1) is 24.2 Å². The normalized spacial score (nSPS) is 16.9. The van der Waals surface area contributed by atoms with Crippen LogP contribution >= 0.6 is 11.6 Å². The quantitative estimate of drug-likeness (QED) is 0.434. The molecule has 5 rings (SSSR count). The maximum absolute atomic E-state index is 13.5. The van der Waals surface area contributed by atoms with Crippen molar-refractivity contribution < 1.29 is 13.2 Å². The molecule has 3 aromatic rings. The van der Waals surface area contributed by atoms with Crippen molar-refractivity contribution in [3.8, 4) is 11.4 Å². The van der Waals surface area contributed by atoms with Crippen molar-refractivity contribution in [2.45, 2.75) is 25.0 Å². The highest BCUT2D eigenvalue weighted by Gasteiger charge is 2.30. The van der Waals surface area contributed by atoms with Crippen molar-refractivity contribution in [1.29, 1.82) is 0 Å². The minimum Gasteiger partial charge on any atom is -0.486 e. The first kappa shape index (κ1) is 25.6. The van der Waals surface area contributed by atoms with Crippen LogP contribution in [0.5, 0.6) is 5.75 Å². The summed E-state index contributed by atoms with van der Waals surface area (Å²) in [5.74, 6) is 0.593. The fourth-order valence-corrected chi connectivity index (χ4v) is 6.27. The number of nitrogens with zero attached hydrogens (tertiary/aromatic N) is 4. The molecule has 2 fully saturated rings. The summed E-state index contributed by atoms with van der Waals surface area (Å²) in [6, 6.07) is 13.8. The van der Waals surface area contributed by atoms with Crippen LogP contribution in [0.15, 0.2) is 59.5 Å². The second-order valence-corrected chi connectivity index (χ2v) is 12.0. The molecule has 0 unspecified atom stereocenters. The minimum absolute atomic E-state index is 0.0831. The van der Waals surface area contributed by atoms with Gasteiger partial charge < -0.3 is 15.4 Å². The second kappa shape index (κ2) is 10.7. The van der Waals surface area contributed by atoms with Crippen molar-refractivity contribution in [3.63, 3.8) is 0 Å². The summed E-state index contributed by atoms with van der Waals surface area (Å²) in [5.41, 5.74) is 7.77. The zero-order valence-electron chi connectivity index (χ0n) is 20.4. The van der Waals surface area contributed by atoms with Gasteiger partial charge in [-0.25, -0.2) is 8.42 Å². The van der Waals surface area contributed by atoms with E-state index < -0.39 is 10.0 Å². The number of rotatable bonds is 8. The van der Waals surface area contributed by atoms with Gasteiger partial charge in [-0.05, 0) is 54.7 Å². The Morgan fingerprint density at radius 1 is 1.05 bits per heavy atom. The van der Waals surface area contributed by atoms with Gasteiger partial charge in [0.2, 0.25) is 15.8 Å². The van der Waals surface area contributed by atoms with E-state index in [4.69, 9.17) is 22.1 Å². The number of anilines is 2. The van der Waals surface area contributed by atoms with Crippen molar-refractivity contribution in [3.05, 3.63) is 75.7 Å². The summed E-state index contributed by atoms with van der Waals surface area (Å²) in [6.45, 7) is 1.91. The van der Waals surface area contributed by atoms with Crippen LogP contribution < -0.4 is 20.9 Å². The standard InChI is InChI=1S/C26H30ClN5O4S/c27-21-5-2-6-23(15-21)32-26(33)25(36-17-19-3-1-4-19)24(16-29-32)30-11-13-31(14-12-30)37(34,35)18-20-7-9-22(28)10-8-20/h2,5-10,15-16,19H,1,3-4,11-14,17-18,28H2. The number of benzene rings is 2. The Morgan fingerprint density at radius 3 is 2.43 bits per heavy atom. The van der Waals surface area contributed by atoms with Gasteiger partial charge in [0.1, 0.15) is 5.69 Å². The highest BCUT2D eigenvalue weighted by atomic mass is 35.5. The third-order valence-corrected chi connectivity index (χ3v) is 9.04. The van der Waals surface area contributed by atoms with E-state index in [0.717, 1.165) is 12.8 Å². The number of hydrogen-bond donors (Lipinski definition) is 1. The molecule has 0 bridgehead atoms. The third-order valence-electron chi connectivity index (χ3n) is 6.96. The van der Waals surface area contributed by atoms with E-state index in [0.29, 0.717) is 66.4 Å². The first-order valence-electron chi connectivity index (χ1n) is 12.4. The number of hydrogen-bond acceptors (Lipinski definition) is 7. The van der Waals surface area contributed by atoms with E-state index in [1.807, 2.05) is 4.90 Å². The molecular formula is C26H30ClN5O4S. The lowest BCUT2D eigenvalue weighted by Crippen LogP contribution is -2.49. The number of aromatic nitrogens is 2. The number of halogens is 1. The van der Waals surface area contributed by atoms with Crippen molar-refractivity contribution in [2.24, 2.45) is 5.92 Å². The summed E-state index contributed by atoms with van der Waals surface area (Å²) in [4.78, 5) is 15.5. The summed E-state index contributed by atoms with van der Waals surface area (Å²) >= 11 is 6.14. The molecule has 1 saturated heterocycles. The molecule has 9 nitrogen and oxygen atoms in total. The molecule has 1 aliphatic heterocycles. The molecule has 2 N–H and O–H groups in total. The molecule has 2 heterocycles. The zero-order chi connectivity index (χ0) is 26.0. The fourth-order valence-electron chi connectivity index (χ4n) is 4.57. The highest BCUT2D eigenvalue weighted by Crippen LogP contribution is 2.30. The Morgan fingerprint density at radius 2 is 1.78 bits per heavy atom. The smallest absolute Gasteiger partial charge is 0.316 e. The molecule has 0 spiro atoms.